The monoisotopic (exact) mass is 260 g/mol. The molecule has 0 amide bonds. The van der Waals surface area contributed by atoms with Crippen LogP contribution in [-0.4, -0.2) is 4.99 Å². The molecule has 0 radical (unpaired) electrons. The van der Waals surface area contributed by atoms with E-state index in [4.69, 9.17) is 18.0 Å². The van der Waals surface area contributed by atoms with E-state index in [0.29, 0.717) is 10.6 Å². The van der Waals surface area contributed by atoms with Crippen molar-refractivity contribution in [3.05, 3.63) is 59.4 Å². The molecule has 18 heavy (non-hydrogen) atoms. The SMILES string of the molecule is Cc1c(F)cccc1Nc1ccc(C(N)=S)cc1. The van der Waals surface area contributed by atoms with Crippen LogP contribution < -0.4 is 11.1 Å². The van der Waals surface area contributed by atoms with E-state index < -0.39 is 0 Å². The number of benzene rings is 2. The Morgan fingerprint density at radius 2 is 1.83 bits per heavy atom. The Bertz CT molecular complexity index is 579. The first-order valence-electron chi connectivity index (χ1n) is 5.50. The second-order valence-corrected chi connectivity index (χ2v) is 4.42. The lowest BCUT2D eigenvalue weighted by atomic mass is 10.1. The third kappa shape index (κ3) is 2.65. The molecular weight excluding hydrogens is 247 g/mol. The quantitative estimate of drug-likeness (QED) is 0.829. The highest BCUT2D eigenvalue weighted by Crippen LogP contribution is 2.22. The average molecular weight is 260 g/mol. The Kier molecular flexibility index (Phi) is 3.58. The van der Waals surface area contributed by atoms with E-state index >= 15 is 0 Å². The second-order valence-electron chi connectivity index (χ2n) is 3.98. The molecule has 0 aromatic heterocycles. The van der Waals surface area contributed by atoms with E-state index in [-0.39, 0.29) is 5.82 Å². The van der Waals surface area contributed by atoms with Gasteiger partial charge in [0, 0.05) is 22.5 Å². The van der Waals surface area contributed by atoms with Gasteiger partial charge in [-0.25, -0.2) is 4.39 Å². The standard InChI is InChI=1S/C14H13FN2S/c1-9-12(15)3-2-4-13(9)17-11-7-5-10(6-8-11)14(16)18/h2-8,17H,1H3,(H2,16,18). The van der Waals surface area contributed by atoms with Crippen LogP contribution in [0.2, 0.25) is 0 Å². The van der Waals surface area contributed by atoms with Crippen LogP contribution in [0.5, 0.6) is 0 Å². The number of rotatable bonds is 3. The van der Waals surface area contributed by atoms with Gasteiger partial charge in [-0.05, 0) is 43.3 Å². The summed E-state index contributed by atoms with van der Waals surface area (Å²) in [7, 11) is 0. The second kappa shape index (κ2) is 5.14. The van der Waals surface area contributed by atoms with Crippen molar-refractivity contribution in [2.24, 2.45) is 5.73 Å². The van der Waals surface area contributed by atoms with Crippen molar-refractivity contribution in [1.29, 1.82) is 0 Å². The van der Waals surface area contributed by atoms with Crippen LogP contribution in [0.1, 0.15) is 11.1 Å². The Morgan fingerprint density at radius 3 is 2.44 bits per heavy atom. The molecule has 0 bridgehead atoms. The summed E-state index contributed by atoms with van der Waals surface area (Å²) < 4.78 is 13.4. The summed E-state index contributed by atoms with van der Waals surface area (Å²) >= 11 is 4.88. The van der Waals surface area contributed by atoms with E-state index in [1.165, 1.54) is 6.07 Å². The zero-order valence-electron chi connectivity index (χ0n) is 9.91. The lowest BCUT2D eigenvalue weighted by Crippen LogP contribution is -2.08. The summed E-state index contributed by atoms with van der Waals surface area (Å²) in [5, 5.41) is 3.16. The molecule has 0 saturated carbocycles. The Balaban J connectivity index is 2.24. The van der Waals surface area contributed by atoms with Gasteiger partial charge in [0.05, 0.1) is 0 Å². The first-order valence-corrected chi connectivity index (χ1v) is 5.91. The third-order valence-electron chi connectivity index (χ3n) is 2.72. The lowest BCUT2D eigenvalue weighted by molar-refractivity contribution is 0.619. The topological polar surface area (TPSA) is 38.0 Å². The van der Waals surface area contributed by atoms with Crippen LogP contribution in [0.3, 0.4) is 0 Å². The first-order chi connectivity index (χ1) is 8.58. The molecule has 0 aliphatic heterocycles. The number of nitrogens with two attached hydrogens (primary N) is 1. The van der Waals surface area contributed by atoms with Gasteiger partial charge in [0.2, 0.25) is 0 Å². The summed E-state index contributed by atoms with van der Waals surface area (Å²) in [6.45, 7) is 1.74. The van der Waals surface area contributed by atoms with E-state index in [2.05, 4.69) is 5.32 Å². The molecule has 0 fully saturated rings. The van der Waals surface area contributed by atoms with Crippen molar-refractivity contribution < 1.29 is 4.39 Å². The van der Waals surface area contributed by atoms with Crippen molar-refractivity contribution in [3.8, 4) is 0 Å². The van der Waals surface area contributed by atoms with Gasteiger partial charge in [0.15, 0.2) is 0 Å². The smallest absolute Gasteiger partial charge is 0.128 e. The molecule has 2 rings (SSSR count). The summed E-state index contributed by atoms with van der Waals surface area (Å²) in [5.41, 5.74) is 8.54. The number of hydrogen-bond donors (Lipinski definition) is 2. The van der Waals surface area contributed by atoms with Crippen LogP contribution >= 0.6 is 12.2 Å². The molecule has 2 aromatic rings. The van der Waals surface area contributed by atoms with Gasteiger partial charge < -0.3 is 11.1 Å². The molecule has 0 saturated heterocycles. The molecule has 0 spiro atoms. The normalized spacial score (nSPS) is 10.1. The Hall–Kier alpha value is -1.94. The fourth-order valence-electron chi connectivity index (χ4n) is 1.62. The van der Waals surface area contributed by atoms with E-state index in [0.717, 1.165) is 16.9 Å². The molecular formula is C14H13FN2S. The van der Waals surface area contributed by atoms with Crippen LogP contribution in [0.15, 0.2) is 42.5 Å². The fourth-order valence-corrected chi connectivity index (χ4v) is 1.75. The number of halogens is 1. The van der Waals surface area contributed by atoms with Crippen molar-refractivity contribution >= 4 is 28.6 Å². The fraction of sp³-hybridized carbons (Fsp3) is 0.0714. The summed E-state index contributed by atoms with van der Waals surface area (Å²) in [4.78, 5) is 0.364. The van der Waals surface area contributed by atoms with E-state index in [1.54, 1.807) is 13.0 Å². The third-order valence-corrected chi connectivity index (χ3v) is 2.95. The maximum Gasteiger partial charge on any atom is 0.128 e. The van der Waals surface area contributed by atoms with Gasteiger partial charge in [-0.2, -0.15) is 0 Å². The number of hydrogen-bond acceptors (Lipinski definition) is 2. The van der Waals surface area contributed by atoms with Crippen molar-refractivity contribution in [2.75, 3.05) is 5.32 Å². The number of thiocarbonyl (C=S) groups is 1. The van der Waals surface area contributed by atoms with E-state index in [9.17, 15) is 4.39 Å². The minimum absolute atomic E-state index is 0.222. The Morgan fingerprint density at radius 1 is 1.17 bits per heavy atom. The van der Waals surface area contributed by atoms with Crippen molar-refractivity contribution in [2.45, 2.75) is 6.92 Å². The molecule has 0 aliphatic carbocycles. The number of nitrogens with one attached hydrogen (secondary N) is 1. The van der Waals surface area contributed by atoms with Gasteiger partial charge in [-0.15, -0.1) is 0 Å². The molecule has 0 unspecified atom stereocenters. The molecule has 92 valence electrons. The highest BCUT2D eigenvalue weighted by Gasteiger charge is 2.03. The molecule has 2 aromatic carbocycles. The van der Waals surface area contributed by atoms with Gasteiger partial charge in [0.25, 0.3) is 0 Å². The van der Waals surface area contributed by atoms with Gasteiger partial charge in [-0.3, -0.25) is 0 Å². The predicted octanol–water partition coefficient (Wildman–Crippen LogP) is 3.51. The van der Waals surface area contributed by atoms with Crippen LogP contribution in [0.25, 0.3) is 0 Å². The molecule has 3 N–H and O–H groups in total. The maximum absolute atomic E-state index is 13.4. The summed E-state index contributed by atoms with van der Waals surface area (Å²) in [6.07, 6.45) is 0. The Labute approximate surface area is 111 Å². The predicted molar refractivity (Wildman–Crippen MR) is 76.7 cm³/mol. The largest absolute Gasteiger partial charge is 0.389 e. The average Bonchev–Trinajstić information content (AvgIpc) is 2.36. The van der Waals surface area contributed by atoms with Gasteiger partial charge >= 0.3 is 0 Å². The zero-order chi connectivity index (χ0) is 13.1. The van der Waals surface area contributed by atoms with Crippen LogP contribution in [0.4, 0.5) is 15.8 Å². The molecule has 0 heterocycles. The minimum Gasteiger partial charge on any atom is -0.389 e. The van der Waals surface area contributed by atoms with Crippen molar-refractivity contribution in [3.63, 3.8) is 0 Å². The number of anilines is 2. The first kappa shape index (κ1) is 12.5. The molecule has 0 atom stereocenters. The van der Waals surface area contributed by atoms with E-state index in [1.807, 2.05) is 30.3 Å². The van der Waals surface area contributed by atoms with Crippen LogP contribution in [0, 0.1) is 12.7 Å². The molecule has 2 nitrogen and oxygen atoms in total. The maximum atomic E-state index is 13.4. The summed E-state index contributed by atoms with van der Waals surface area (Å²) in [5.74, 6) is -0.222. The lowest BCUT2D eigenvalue weighted by Gasteiger charge is -2.10. The molecule has 0 aliphatic rings. The summed E-state index contributed by atoms with van der Waals surface area (Å²) in [6, 6.07) is 12.3. The van der Waals surface area contributed by atoms with Crippen molar-refractivity contribution in [1.82, 2.24) is 0 Å². The minimum atomic E-state index is -0.222. The van der Waals surface area contributed by atoms with Gasteiger partial charge in [-0.1, -0.05) is 18.3 Å². The molecule has 4 heteroatoms. The van der Waals surface area contributed by atoms with Gasteiger partial charge in [0.1, 0.15) is 10.8 Å². The zero-order valence-corrected chi connectivity index (χ0v) is 10.7. The van der Waals surface area contributed by atoms with Crippen LogP contribution in [-0.2, 0) is 0 Å². The highest BCUT2D eigenvalue weighted by atomic mass is 32.1. The highest BCUT2D eigenvalue weighted by molar-refractivity contribution is 7.80.